The molecule has 0 radical (unpaired) electrons. The number of benzene rings is 2. The Balaban J connectivity index is 2.06. The Morgan fingerprint density at radius 2 is 1.79 bits per heavy atom. The largest absolute Gasteiger partial charge is 0.481 e. The average molecular weight is 426 g/mol. The van der Waals surface area contributed by atoms with Crippen LogP contribution in [0, 0.1) is 19.8 Å². The van der Waals surface area contributed by atoms with Crippen LogP contribution in [0.15, 0.2) is 36.4 Å². The molecular weight excluding hydrogens is 403 g/mol. The highest BCUT2D eigenvalue weighted by atomic mass is 35.5. The predicted octanol–water partition coefficient (Wildman–Crippen LogP) is 5.86. The van der Waals surface area contributed by atoms with Crippen LogP contribution in [0.5, 0.6) is 0 Å². The molecule has 1 N–H and O–H groups in total. The number of aliphatic carboxylic acids is 1. The summed E-state index contributed by atoms with van der Waals surface area (Å²) in [5, 5.41) is 8.94. The van der Waals surface area contributed by atoms with Crippen LogP contribution < -0.4 is 0 Å². The standard InChI is InChI=1S/C22H23ClF3NO2/c1-13-3-5-17(14(2)11-13)20(27-9-7-15(8-10-27)21(28)29)16-4-6-19(23)18(12-16)22(24,25)26/h3-6,11-12,15,20H,7-10H2,1-2H3,(H,28,29). The first kappa shape index (κ1) is 21.7. The van der Waals surface area contributed by atoms with Gasteiger partial charge in [0, 0.05) is 0 Å². The molecule has 2 aromatic carbocycles. The Kier molecular flexibility index (Phi) is 6.24. The Labute approximate surface area is 173 Å². The van der Waals surface area contributed by atoms with E-state index in [0.29, 0.717) is 31.5 Å². The van der Waals surface area contributed by atoms with E-state index in [1.807, 2.05) is 32.0 Å². The maximum atomic E-state index is 13.4. The van der Waals surface area contributed by atoms with Crippen LogP contribution in [0.1, 0.15) is 46.7 Å². The third kappa shape index (κ3) is 4.75. The molecule has 0 bridgehead atoms. The normalized spacial score (nSPS) is 17.3. The molecule has 1 fully saturated rings. The number of carboxylic acid groups (broad SMARTS) is 1. The van der Waals surface area contributed by atoms with E-state index >= 15 is 0 Å². The lowest BCUT2D eigenvalue weighted by Gasteiger charge is -2.38. The van der Waals surface area contributed by atoms with Crippen LogP contribution in [0.2, 0.25) is 5.02 Å². The number of alkyl halides is 3. The van der Waals surface area contributed by atoms with Crippen molar-refractivity contribution in [1.29, 1.82) is 0 Å². The number of carbonyl (C=O) groups is 1. The number of halogens is 4. The third-order valence-corrected chi connectivity index (χ3v) is 5.90. The first-order valence-corrected chi connectivity index (χ1v) is 9.86. The van der Waals surface area contributed by atoms with Crippen molar-refractivity contribution in [2.75, 3.05) is 13.1 Å². The van der Waals surface area contributed by atoms with Crippen molar-refractivity contribution in [1.82, 2.24) is 4.90 Å². The monoisotopic (exact) mass is 425 g/mol. The molecular formula is C22H23ClF3NO2. The van der Waals surface area contributed by atoms with Crippen molar-refractivity contribution in [2.24, 2.45) is 5.92 Å². The van der Waals surface area contributed by atoms with Gasteiger partial charge in [0.1, 0.15) is 0 Å². The average Bonchev–Trinajstić information content (AvgIpc) is 2.64. The third-order valence-electron chi connectivity index (χ3n) is 5.58. The summed E-state index contributed by atoms with van der Waals surface area (Å²) in [5.74, 6) is -1.24. The molecule has 156 valence electrons. The van der Waals surface area contributed by atoms with E-state index in [1.54, 1.807) is 6.07 Å². The quantitative estimate of drug-likeness (QED) is 0.666. The number of rotatable bonds is 4. The van der Waals surface area contributed by atoms with E-state index in [0.717, 1.165) is 22.8 Å². The summed E-state index contributed by atoms with van der Waals surface area (Å²) >= 11 is 5.82. The Morgan fingerprint density at radius 1 is 1.14 bits per heavy atom. The fourth-order valence-corrected chi connectivity index (χ4v) is 4.28. The van der Waals surface area contributed by atoms with Crippen LogP contribution in [-0.2, 0) is 11.0 Å². The highest BCUT2D eigenvalue weighted by Crippen LogP contribution is 2.40. The summed E-state index contributed by atoms with van der Waals surface area (Å²) in [6, 6.07) is 9.54. The Morgan fingerprint density at radius 3 is 2.34 bits per heavy atom. The molecule has 7 heteroatoms. The van der Waals surface area contributed by atoms with E-state index in [-0.39, 0.29) is 5.02 Å². The van der Waals surface area contributed by atoms with Gasteiger partial charge in [0.15, 0.2) is 0 Å². The lowest BCUT2D eigenvalue weighted by atomic mass is 9.88. The number of nitrogens with zero attached hydrogens (tertiary/aromatic N) is 1. The van der Waals surface area contributed by atoms with Gasteiger partial charge in [-0.3, -0.25) is 9.69 Å². The molecule has 29 heavy (non-hydrogen) atoms. The molecule has 1 aliphatic rings. The molecule has 1 saturated heterocycles. The summed E-state index contributed by atoms with van der Waals surface area (Å²) in [6.45, 7) is 4.91. The first-order chi connectivity index (χ1) is 13.6. The maximum Gasteiger partial charge on any atom is 0.417 e. The van der Waals surface area contributed by atoms with Crippen LogP contribution in [0.4, 0.5) is 13.2 Å². The molecule has 1 heterocycles. The van der Waals surface area contributed by atoms with Crippen molar-refractivity contribution in [2.45, 2.75) is 38.9 Å². The number of carboxylic acids is 1. The van der Waals surface area contributed by atoms with Crippen LogP contribution in [0.3, 0.4) is 0 Å². The maximum absolute atomic E-state index is 13.4. The van der Waals surface area contributed by atoms with Gasteiger partial charge in [-0.05, 0) is 68.6 Å². The van der Waals surface area contributed by atoms with E-state index in [1.165, 1.54) is 6.07 Å². The van der Waals surface area contributed by atoms with Crippen molar-refractivity contribution >= 4 is 17.6 Å². The number of hydrogen-bond acceptors (Lipinski definition) is 2. The molecule has 0 spiro atoms. The van der Waals surface area contributed by atoms with Crippen molar-refractivity contribution in [3.8, 4) is 0 Å². The van der Waals surface area contributed by atoms with Gasteiger partial charge in [-0.1, -0.05) is 41.4 Å². The highest BCUT2D eigenvalue weighted by Gasteiger charge is 2.36. The Hall–Kier alpha value is -2.05. The minimum Gasteiger partial charge on any atom is -0.481 e. The predicted molar refractivity (Wildman–Crippen MR) is 106 cm³/mol. The van der Waals surface area contributed by atoms with Crippen LogP contribution in [0.25, 0.3) is 0 Å². The van der Waals surface area contributed by atoms with E-state index < -0.39 is 29.7 Å². The zero-order valence-electron chi connectivity index (χ0n) is 16.3. The lowest BCUT2D eigenvalue weighted by Crippen LogP contribution is -2.39. The highest BCUT2D eigenvalue weighted by molar-refractivity contribution is 6.31. The fraction of sp³-hybridized carbons (Fsp3) is 0.409. The smallest absolute Gasteiger partial charge is 0.417 e. The van der Waals surface area contributed by atoms with Crippen molar-refractivity contribution < 1.29 is 23.1 Å². The summed E-state index contributed by atoms with van der Waals surface area (Å²) < 4.78 is 40.3. The molecule has 3 rings (SSSR count). The number of hydrogen-bond donors (Lipinski definition) is 1. The zero-order chi connectivity index (χ0) is 21.3. The second-order valence-corrected chi connectivity index (χ2v) is 8.06. The van der Waals surface area contributed by atoms with E-state index in [2.05, 4.69) is 4.90 Å². The molecule has 1 aliphatic heterocycles. The van der Waals surface area contributed by atoms with Gasteiger partial charge < -0.3 is 5.11 Å². The molecule has 1 unspecified atom stereocenters. The Bertz CT molecular complexity index is 905. The minimum atomic E-state index is -4.55. The van der Waals surface area contributed by atoms with Gasteiger partial charge in [0.25, 0.3) is 0 Å². The van der Waals surface area contributed by atoms with Gasteiger partial charge in [-0.2, -0.15) is 13.2 Å². The summed E-state index contributed by atoms with van der Waals surface area (Å²) in [7, 11) is 0. The second-order valence-electron chi connectivity index (χ2n) is 7.65. The summed E-state index contributed by atoms with van der Waals surface area (Å²) in [4.78, 5) is 13.4. The summed E-state index contributed by atoms with van der Waals surface area (Å²) in [5.41, 5.74) is 2.62. The van der Waals surface area contributed by atoms with Crippen LogP contribution >= 0.6 is 11.6 Å². The molecule has 0 aromatic heterocycles. The SMILES string of the molecule is Cc1ccc(C(c2ccc(Cl)c(C(F)(F)F)c2)N2CCC(C(=O)O)CC2)c(C)c1. The first-order valence-electron chi connectivity index (χ1n) is 9.48. The minimum absolute atomic E-state index is 0.329. The van der Waals surface area contributed by atoms with E-state index in [9.17, 15) is 23.1 Å². The van der Waals surface area contributed by atoms with Gasteiger partial charge in [0.2, 0.25) is 0 Å². The van der Waals surface area contributed by atoms with Crippen molar-refractivity contribution in [3.05, 3.63) is 69.2 Å². The fourth-order valence-electron chi connectivity index (χ4n) is 4.05. The lowest BCUT2D eigenvalue weighted by molar-refractivity contribution is -0.143. The molecule has 0 saturated carbocycles. The zero-order valence-corrected chi connectivity index (χ0v) is 17.0. The second kappa shape index (κ2) is 8.36. The number of likely N-dealkylation sites (tertiary alicyclic amines) is 1. The van der Waals surface area contributed by atoms with E-state index in [4.69, 9.17) is 11.6 Å². The summed E-state index contributed by atoms with van der Waals surface area (Å²) in [6.07, 6.45) is -3.61. The molecule has 0 aliphatic carbocycles. The van der Waals surface area contributed by atoms with Gasteiger partial charge in [-0.25, -0.2) is 0 Å². The molecule has 3 nitrogen and oxygen atoms in total. The van der Waals surface area contributed by atoms with Gasteiger partial charge in [0.05, 0.1) is 22.5 Å². The van der Waals surface area contributed by atoms with Gasteiger partial charge >= 0.3 is 12.1 Å². The van der Waals surface area contributed by atoms with Crippen LogP contribution in [-0.4, -0.2) is 29.1 Å². The topological polar surface area (TPSA) is 40.5 Å². The molecule has 2 aromatic rings. The van der Waals surface area contributed by atoms with Crippen molar-refractivity contribution in [3.63, 3.8) is 0 Å². The number of aryl methyl sites for hydroxylation is 2. The molecule has 1 atom stereocenters. The van der Waals surface area contributed by atoms with Gasteiger partial charge in [-0.15, -0.1) is 0 Å². The molecule has 0 amide bonds. The number of piperidine rings is 1.